The number of rotatable bonds is 3. The van der Waals surface area contributed by atoms with Crippen LogP contribution in [0.1, 0.15) is 37.0 Å². The number of halogens is 1. The van der Waals surface area contributed by atoms with Gasteiger partial charge in [-0.05, 0) is 37.8 Å². The van der Waals surface area contributed by atoms with Crippen molar-refractivity contribution in [2.75, 3.05) is 6.54 Å². The highest BCUT2D eigenvalue weighted by Gasteiger charge is 2.43. The Morgan fingerprint density at radius 3 is 2.88 bits per heavy atom. The number of hydrogen-bond donors (Lipinski definition) is 2. The molecule has 1 aliphatic heterocycles. The number of nitrogens with one attached hydrogen (secondary N) is 1. The number of aromatic amines is 1. The van der Waals surface area contributed by atoms with Gasteiger partial charge in [-0.3, -0.25) is 4.79 Å². The highest BCUT2D eigenvalue weighted by molar-refractivity contribution is 5.66. The van der Waals surface area contributed by atoms with Crippen molar-refractivity contribution in [2.24, 2.45) is 0 Å². The number of hydrogen-bond acceptors (Lipinski definition) is 3. The molecule has 3 rings (SSSR count). The van der Waals surface area contributed by atoms with Crippen LogP contribution >= 0.6 is 0 Å². The van der Waals surface area contributed by atoms with Crippen LogP contribution in [0, 0.1) is 5.82 Å². The molecule has 1 aromatic heterocycles. The maximum Gasteiger partial charge on any atom is 0.407 e. The first-order valence-corrected chi connectivity index (χ1v) is 7.81. The highest BCUT2D eigenvalue weighted by Crippen LogP contribution is 2.39. The van der Waals surface area contributed by atoms with Crippen LogP contribution in [0.15, 0.2) is 39.6 Å². The first-order valence-electron chi connectivity index (χ1n) is 7.81. The molecule has 128 valence electrons. The van der Waals surface area contributed by atoms with E-state index in [0.717, 1.165) is 0 Å². The molecule has 1 aliphatic rings. The first kappa shape index (κ1) is 16.3. The molecule has 0 unspecified atom stereocenters. The smallest absolute Gasteiger partial charge is 0.407 e. The van der Waals surface area contributed by atoms with Crippen molar-refractivity contribution in [3.63, 3.8) is 0 Å². The molecule has 7 heteroatoms. The molecule has 1 saturated heterocycles. The fourth-order valence-corrected chi connectivity index (χ4v) is 3.59. The Morgan fingerprint density at radius 1 is 1.50 bits per heavy atom. The van der Waals surface area contributed by atoms with Gasteiger partial charge in [-0.2, -0.15) is 5.16 Å². The minimum atomic E-state index is -1.03. The summed E-state index contributed by atoms with van der Waals surface area (Å²) in [6.45, 7) is 2.12. The summed E-state index contributed by atoms with van der Waals surface area (Å²) in [5, 5.41) is 11.8. The molecule has 0 saturated carbocycles. The average Bonchev–Trinajstić information content (AvgIpc) is 2.95. The maximum atomic E-state index is 14.0. The Balaban J connectivity index is 1.91. The van der Waals surface area contributed by atoms with Gasteiger partial charge >= 0.3 is 6.09 Å². The van der Waals surface area contributed by atoms with E-state index in [-0.39, 0.29) is 23.7 Å². The largest absolute Gasteiger partial charge is 0.465 e. The molecule has 2 heterocycles. The van der Waals surface area contributed by atoms with Gasteiger partial charge in [0.05, 0.1) is 0 Å². The number of benzene rings is 1. The van der Waals surface area contributed by atoms with E-state index in [2.05, 4.69) is 5.16 Å². The van der Waals surface area contributed by atoms with Crippen molar-refractivity contribution in [3.05, 3.63) is 57.8 Å². The SMILES string of the molecule is C[C@]1(Cc2ccccc2F)C[C@H](c2cc(=O)[nH]o2)CCN1C(=O)O. The van der Waals surface area contributed by atoms with Crippen LogP contribution in [0.4, 0.5) is 9.18 Å². The summed E-state index contributed by atoms with van der Waals surface area (Å²) in [7, 11) is 0. The van der Waals surface area contributed by atoms with E-state index in [1.54, 1.807) is 18.2 Å². The average molecular weight is 334 g/mol. The van der Waals surface area contributed by atoms with E-state index < -0.39 is 11.6 Å². The zero-order valence-electron chi connectivity index (χ0n) is 13.3. The second-order valence-corrected chi connectivity index (χ2v) is 6.50. The molecule has 24 heavy (non-hydrogen) atoms. The lowest BCUT2D eigenvalue weighted by Gasteiger charge is -2.46. The monoisotopic (exact) mass is 334 g/mol. The maximum absolute atomic E-state index is 14.0. The van der Waals surface area contributed by atoms with E-state index in [1.807, 2.05) is 6.92 Å². The fraction of sp³-hybridized carbons (Fsp3) is 0.412. The number of aromatic nitrogens is 1. The van der Waals surface area contributed by atoms with Crippen LogP contribution in [-0.4, -0.2) is 33.3 Å². The number of carboxylic acid groups (broad SMARTS) is 1. The van der Waals surface area contributed by atoms with Crippen LogP contribution in [0.3, 0.4) is 0 Å². The summed E-state index contributed by atoms with van der Waals surface area (Å²) < 4.78 is 19.2. The Morgan fingerprint density at radius 2 is 2.25 bits per heavy atom. The predicted octanol–water partition coefficient (Wildman–Crippen LogP) is 2.97. The van der Waals surface area contributed by atoms with E-state index in [0.29, 0.717) is 30.7 Å². The van der Waals surface area contributed by atoms with Crippen LogP contribution < -0.4 is 5.56 Å². The van der Waals surface area contributed by atoms with Crippen molar-refractivity contribution in [3.8, 4) is 0 Å². The minimum absolute atomic E-state index is 0.0867. The molecule has 0 spiro atoms. The second-order valence-electron chi connectivity index (χ2n) is 6.50. The highest BCUT2D eigenvalue weighted by atomic mass is 19.1. The molecule has 0 radical (unpaired) electrons. The molecule has 6 nitrogen and oxygen atoms in total. The number of piperidine rings is 1. The van der Waals surface area contributed by atoms with Gasteiger partial charge < -0.3 is 14.5 Å². The third kappa shape index (κ3) is 3.06. The lowest BCUT2D eigenvalue weighted by molar-refractivity contribution is 0.0456. The summed E-state index contributed by atoms with van der Waals surface area (Å²) in [5.41, 5.74) is -0.629. The van der Waals surface area contributed by atoms with Crippen LogP contribution in [0.2, 0.25) is 0 Å². The van der Waals surface area contributed by atoms with Crippen LogP contribution in [0.25, 0.3) is 0 Å². The normalized spacial score (nSPS) is 24.1. The predicted molar refractivity (Wildman–Crippen MR) is 84.5 cm³/mol. The summed E-state index contributed by atoms with van der Waals surface area (Å²) in [6, 6.07) is 7.77. The molecule has 0 aliphatic carbocycles. The minimum Gasteiger partial charge on any atom is -0.465 e. The zero-order chi connectivity index (χ0) is 17.3. The van der Waals surface area contributed by atoms with Gasteiger partial charge in [0.15, 0.2) is 0 Å². The molecule has 1 fully saturated rings. The quantitative estimate of drug-likeness (QED) is 0.903. The van der Waals surface area contributed by atoms with Gasteiger partial charge in [0.1, 0.15) is 11.6 Å². The summed E-state index contributed by atoms with van der Waals surface area (Å²) in [4.78, 5) is 24.3. The van der Waals surface area contributed by atoms with Crippen molar-refractivity contribution in [1.82, 2.24) is 10.1 Å². The van der Waals surface area contributed by atoms with E-state index >= 15 is 0 Å². The fourth-order valence-electron chi connectivity index (χ4n) is 3.59. The van der Waals surface area contributed by atoms with Gasteiger partial charge in [0.2, 0.25) is 0 Å². The molecule has 1 amide bonds. The van der Waals surface area contributed by atoms with Crippen molar-refractivity contribution >= 4 is 6.09 Å². The molecule has 2 atom stereocenters. The topological polar surface area (TPSA) is 86.5 Å². The Bertz CT molecular complexity index is 800. The van der Waals surface area contributed by atoms with Crippen LogP contribution in [0.5, 0.6) is 0 Å². The third-order valence-electron chi connectivity index (χ3n) is 4.74. The van der Waals surface area contributed by atoms with Gasteiger partial charge in [-0.1, -0.05) is 18.2 Å². The van der Waals surface area contributed by atoms with Crippen molar-refractivity contribution < 1.29 is 18.8 Å². The van der Waals surface area contributed by atoms with Gasteiger partial charge in [0, 0.05) is 24.1 Å². The van der Waals surface area contributed by atoms with Crippen LogP contribution in [-0.2, 0) is 6.42 Å². The number of likely N-dealkylation sites (tertiary alicyclic amines) is 1. The molecular weight excluding hydrogens is 315 g/mol. The summed E-state index contributed by atoms with van der Waals surface area (Å²) in [6.07, 6.45) is 0.244. The summed E-state index contributed by atoms with van der Waals surface area (Å²) >= 11 is 0. The standard InChI is InChI=1S/C17H19FN2O4/c1-17(9-11-4-2-3-5-13(11)18)10-12(6-7-20(17)16(22)23)14-8-15(21)19-24-14/h2-5,8,12H,6-7,9-10H2,1H3,(H,19,21)(H,22,23)/t12-,17+/m1/s1. The lowest BCUT2D eigenvalue weighted by Crippen LogP contribution is -2.55. The molecular formula is C17H19FN2O4. The Hall–Kier alpha value is -2.57. The molecule has 2 aromatic rings. The second kappa shape index (κ2) is 6.14. The first-order chi connectivity index (χ1) is 11.4. The number of nitrogens with zero attached hydrogens (tertiary/aromatic N) is 1. The molecule has 0 bridgehead atoms. The number of carbonyl (C=O) groups is 1. The Labute approximate surface area is 137 Å². The van der Waals surface area contributed by atoms with Crippen molar-refractivity contribution in [1.29, 1.82) is 0 Å². The third-order valence-corrected chi connectivity index (χ3v) is 4.74. The van der Waals surface area contributed by atoms with Crippen molar-refractivity contribution in [2.45, 2.75) is 37.6 Å². The van der Waals surface area contributed by atoms with Gasteiger partial charge in [-0.15, -0.1) is 0 Å². The van der Waals surface area contributed by atoms with Gasteiger partial charge in [0.25, 0.3) is 5.56 Å². The zero-order valence-corrected chi connectivity index (χ0v) is 13.3. The lowest BCUT2D eigenvalue weighted by atomic mass is 9.77. The number of H-pyrrole nitrogens is 1. The van der Waals surface area contributed by atoms with E-state index in [4.69, 9.17) is 4.52 Å². The number of amides is 1. The summed E-state index contributed by atoms with van der Waals surface area (Å²) in [5.74, 6) is 0.0838. The van der Waals surface area contributed by atoms with E-state index in [1.165, 1.54) is 17.0 Å². The molecule has 2 N–H and O–H groups in total. The van der Waals surface area contributed by atoms with E-state index in [9.17, 15) is 19.1 Å². The Kier molecular flexibility index (Phi) is 4.17. The van der Waals surface area contributed by atoms with Gasteiger partial charge in [-0.25, -0.2) is 9.18 Å². The molecule has 1 aromatic carbocycles.